The van der Waals surface area contributed by atoms with Crippen LogP contribution in [-0.4, -0.2) is 19.2 Å². The van der Waals surface area contributed by atoms with Crippen molar-refractivity contribution in [2.24, 2.45) is 5.73 Å². The Morgan fingerprint density at radius 1 is 1.44 bits per heavy atom. The second-order valence-corrected chi connectivity index (χ2v) is 4.63. The molecule has 4 heteroatoms. The number of rotatable bonds is 3. The standard InChI is InChI=1S/C12H17ClN2O/c1-16-12-6-5-8(13)7-11(12)15-10-4-2-3-9(10)14/h5-7,9-10,15H,2-4,14H2,1H3/t9-,10-/m1/s1. The van der Waals surface area contributed by atoms with Crippen molar-refractivity contribution in [2.75, 3.05) is 12.4 Å². The fourth-order valence-electron chi connectivity index (χ4n) is 2.16. The van der Waals surface area contributed by atoms with Crippen LogP contribution < -0.4 is 15.8 Å². The number of benzene rings is 1. The minimum absolute atomic E-state index is 0.226. The second kappa shape index (κ2) is 4.93. The summed E-state index contributed by atoms with van der Waals surface area (Å²) in [5, 5.41) is 4.12. The first-order valence-corrected chi connectivity index (χ1v) is 5.94. The predicted octanol–water partition coefficient (Wildman–Crippen LogP) is 2.64. The van der Waals surface area contributed by atoms with Crippen LogP contribution in [0.1, 0.15) is 19.3 Å². The summed E-state index contributed by atoms with van der Waals surface area (Å²) in [5.74, 6) is 0.809. The number of hydrogen-bond acceptors (Lipinski definition) is 3. The molecule has 0 amide bonds. The summed E-state index contributed by atoms with van der Waals surface area (Å²) in [7, 11) is 1.66. The lowest BCUT2D eigenvalue weighted by atomic mass is 10.1. The Kier molecular flexibility index (Phi) is 3.56. The van der Waals surface area contributed by atoms with Gasteiger partial charge in [0.2, 0.25) is 0 Å². The number of halogens is 1. The third kappa shape index (κ3) is 2.42. The van der Waals surface area contributed by atoms with Crippen LogP contribution in [-0.2, 0) is 0 Å². The molecular formula is C12H17ClN2O. The van der Waals surface area contributed by atoms with Gasteiger partial charge in [-0.05, 0) is 37.5 Å². The molecule has 16 heavy (non-hydrogen) atoms. The van der Waals surface area contributed by atoms with E-state index in [-0.39, 0.29) is 6.04 Å². The van der Waals surface area contributed by atoms with Gasteiger partial charge in [0.25, 0.3) is 0 Å². The maximum absolute atomic E-state index is 6.02. The fourth-order valence-corrected chi connectivity index (χ4v) is 2.33. The van der Waals surface area contributed by atoms with Gasteiger partial charge in [-0.15, -0.1) is 0 Å². The Morgan fingerprint density at radius 3 is 2.88 bits per heavy atom. The Labute approximate surface area is 101 Å². The van der Waals surface area contributed by atoms with Gasteiger partial charge in [0, 0.05) is 17.1 Å². The summed E-state index contributed by atoms with van der Waals surface area (Å²) in [5.41, 5.74) is 6.95. The highest BCUT2D eigenvalue weighted by Crippen LogP contribution is 2.30. The molecule has 0 radical (unpaired) electrons. The van der Waals surface area contributed by atoms with Crippen molar-refractivity contribution in [2.45, 2.75) is 31.3 Å². The van der Waals surface area contributed by atoms with E-state index in [9.17, 15) is 0 Å². The fraction of sp³-hybridized carbons (Fsp3) is 0.500. The molecule has 0 aliphatic heterocycles. The van der Waals surface area contributed by atoms with Gasteiger partial charge >= 0.3 is 0 Å². The molecular weight excluding hydrogens is 224 g/mol. The summed E-state index contributed by atoms with van der Waals surface area (Å²) in [4.78, 5) is 0. The van der Waals surface area contributed by atoms with Crippen molar-refractivity contribution in [3.05, 3.63) is 23.2 Å². The van der Waals surface area contributed by atoms with E-state index in [2.05, 4.69) is 5.32 Å². The quantitative estimate of drug-likeness (QED) is 0.854. The first kappa shape index (κ1) is 11.6. The minimum Gasteiger partial charge on any atom is -0.495 e. The van der Waals surface area contributed by atoms with Crippen molar-refractivity contribution in [1.29, 1.82) is 0 Å². The number of anilines is 1. The molecule has 0 heterocycles. The molecule has 2 atom stereocenters. The third-order valence-corrected chi connectivity index (χ3v) is 3.31. The average Bonchev–Trinajstić information content (AvgIpc) is 2.65. The zero-order chi connectivity index (χ0) is 11.5. The van der Waals surface area contributed by atoms with Crippen molar-refractivity contribution in [3.63, 3.8) is 0 Å². The first-order valence-electron chi connectivity index (χ1n) is 5.56. The van der Waals surface area contributed by atoms with Crippen LogP contribution in [0.25, 0.3) is 0 Å². The van der Waals surface area contributed by atoms with E-state index < -0.39 is 0 Å². The zero-order valence-corrected chi connectivity index (χ0v) is 10.1. The van der Waals surface area contributed by atoms with Gasteiger partial charge < -0.3 is 15.8 Å². The molecule has 0 aromatic heterocycles. The largest absolute Gasteiger partial charge is 0.495 e. The number of ether oxygens (including phenoxy) is 1. The van der Waals surface area contributed by atoms with Gasteiger partial charge in [0.1, 0.15) is 5.75 Å². The number of hydrogen-bond donors (Lipinski definition) is 2. The van der Waals surface area contributed by atoms with Crippen molar-refractivity contribution >= 4 is 17.3 Å². The zero-order valence-electron chi connectivity index (χ0n) is 9.37. The van der Waals surface area contributed by atoms with Crippen molar-refractivity contribution in [1.82, 2.24) is 0 Å². The minimum atomic E-state index is 0.226. The molecule has 3 N–H and O–H groups in total. The normalized spacial score (nSPS) is 24.4. The Balaban J connectivity index is 2.16. The number of methoxy groups -OCH3 is 1. The molecule has 0 bridgehead atoms. The number of nitrogens with one attached hydrogen (secondary N) is 1. The molecule has 1 saturated carbocycles. The van der Waals surface area contributed by atoms with Gasteiger partial charge in [0.05, 0.1) is 12.8 Å². The topological polar surface area (TPSA) is 47.3 Å². The van der Waals surface area contributed by atoms with Crippen molar-refractivity contribution < 1.29 is 4.74 Å². The van der Waals surface area contributed by atoms with Gasteiger partial charge in [-0.3, -0.25) is 0 Å². The molecule has 3 nitrogen and oxygen atoms in total. The monoisotopic (exact) mass is 240 g/mol. The van der Waals surface area contributed by atoms with Gasteiger partial charge in [-0.2, -0.15) is 0 Å². The maximum Gasteiger partial charge on any atom is 0.142 e. The lowest BCUT2D eigenvalue weighted by Gasteiger charge is -2.20. The molecule has 1 aliphatic rings. The molecule has 0 unspecified atom stereocenters. The predicted molar refractivity (Wildman–Crippen MR) is 67.2 cm³/mol. The van der Waals surface area contributed by atoms with Crippen molar-refractivity contribution in [3.8, 4) is 5.75 Å². The highest BCUT2D eigenvalue weighted by molar-refractivity contribution is 6.30. The van der Waals surface area contributed by atoms with E-state index in [4.69, 9.17) is 22.1 Å². The van der Waals surface area contributed by atoms with E-state index in [0.29, 0.717) is 11.1 Å². The van der Waals surface area contributed by atoms with Gasteiger partial charge in [-0.1, -0.05) is 11.6 Å². The van der Waals surface area contributed by atoms with Gasteiger partial charge in [0.15, 0.2) is 0 Å². The highest BCUT2D eigenvalue weighted by atomic mass is 35.5. The molecule has 1 aromatic carbocycles. The lowest BCUT2D eigenvalue weighted by Crippen LogP contribution is -2.35. The van der Waals surface area contributed by atoms with Gasteiger partial charge in [-0.25, -0.2) is 0 Å². The van der Waals surface area contributed by atoms with Crippen LogP contribution in [0.3, 0.4) is 0 Å². The van der Waals surface area contributed by atoms with Crippen LogP contribution in [0.2, 0.25) is 5.02 Å². The molecule has 0 saturated heterocycles. The summed E-state index contributed by atoms with van der Waals surface area (Å²) >= 11 is 5.97. The summed E-state index contributed by atoms with van der Waals surface area (Å²) in [6.45, 7) is 0. The summed E-state index contributed by atoms with van der Waals surface area (Å²) in [6.07, 6.45) is 3.37. The molecule has 88 valence electrons. The van der Waals surface area contributed by atoms with Crippen LogP contribution in [0.15, 0.2) is 18.2 Å². The van der Waals surface area contributed by atoms with E-state index in [0.717, 1.165) is 24.3 Å². The van der Waals surface area contributed by atoms with Crippen LogP contribution in [0.5, 0.6) is 5.75 Å². The van der Waals surface area contributed by atoms with Crippen LogP contribution in [0, 0.1) is 0 Å². The third-order valence-electron chi connectivity index (χ3n) is 3.07. The molecule has 1 aliphatic carbocycles. The highest BCUT2D eigenvalue weighted by Gasteiger charge is 2.24. The molecule has 2 rings (SSSR count). The molecule has 1 fully saturated rings. The van der Waals surface area contributed by atoms with Crippen LogP contribution >= 0.6 is 11.6 Å². The number of nitrogens with two attached hydrogens (primary N) is 1. The SMILES string of the molecule is COc1ccc(Cl)cc1N[C@@H]1CCC[C@H]1N. The summed E-state index contributed by atoms with van der Waals surface area (Å²) in [6, 6.07) is 6.12. The summed E-state index contributed by atoms with van der Waals surface area (Å²) < 4.78 is 5.28. The molecule has 1 aromatic rings. The second-order valence-electron chi connectivity index (χ2n) is 4.19. The lowest BCUT2D eigenvalue weighted by molar-refractivity contribution is 0.415. The molecule has 0 spiro atoms. The Morgan fingerprint density at radius 2 is 2.25 bits per heavy atom. The van der Waals surface area contributed by atoms with E-state index >= 15 is 0 Å². The smallest absolute Gasteiger partial charge is 0.142 e. The van der Waals surface area contributed by atoms with E-state index in [1.54, 1.807) is 7.11 Å². The average molecular weight is 241 g/mol. The van der Waals surface area contributed by atoms with E-state index in [1.165, 1.54) is 6.42 Å². The first-order chi connectivity index (χ1) is 7.70. The Hall–Kier alpha value is -0.930. The Bertz CT molecular complexity index is 370. The van der Waals surface area contributed by atoms with E-state index in [1.807, 2.05) is 18.2 Å². The van der Waals surface area contributed by atoms with Crippen LogP contribution in [0.4, 0.5) is 5.69 Å². The maximum atomic E-state index is 6.02.